The number of carbonyl (C=O) groups excluding carboxylic acids is 1. The van der Waals surface area contributed by atoms with Gasteiger partial charge in [0.15, 0.2) is 16.3 Å². The third-order valence-corrected chi connectivity index (χ3v) is 7.18. The molecule has 1 N–H and O–H groups in total. The molecule has 42 heavy (non-hydrogen) atoms. The molecule has 2 heterocycles. The third kappa shape index (κ3) is 5.58. The van der Waals surface area contributed by atoms with E-state index in [1.807, 2.05) is 6.92 Å². The van der Waals surface area contributed by atoms with Gasteiger partial charge in [0.25, 0.3) is 11.2 Å². The molecule has 0 saturated heterocycles. The van der Waals surface area contributed by atoms with Crippen LogP contribution in [0.5, 0.6) is 17.2 Å². The first-order valence-corrected chi connectivity index (χ1v) is 13.6. The molecule has 0 spiro atoms. The largest absolute Gasteiger partial charge is 0.502 e. The molecule has 15 heteroatoms. The lowest BCUT2D eigenvalue weighted by molar-refractivity contribution is -0.394. The Balaban J connectivity index is 2.00. The maximum absolute atomic E-state index is 13.9. The molecular weight excluding hydrogens is 572 g/mol. The zero-order valence-electron chi connectivity index (χ0n) is 23.0. The summed E-state index contributed by atoms with van der Waals surface area (Å²) < 4.78 is 17.9. The van der Waals surface area contributed by atoms with Crippen LogP contribution in [-0.4, -0.2) is 45.3 Å². The van der Waals surface area contributed by atoms with E-state index in [-0.39, 0.29) is 27.1 Å². The normalized spacial score (nSPS) is 14.7. The predicted molar refractivity (Wildman–Crippen MR) is 151 cm³/mol. The number of nitro groups is 2. The molecule has 0 radical (unpaired) electrons. The number of aromatic hydroxyl groups is 1. The maximum atomic E-state index is 13.9. The minimum atomic E-state index is -1.01. The highest BCUT2D eigenvalue weighted by Crippen LogP contribution is 2.37. The van der Waals surface area contributed by atoms with Crippen molar-refractivity contribution < 1.29 is 34.0 Å². The average Bonchev–Trinajstić information content (AvgIpc) is 3.24. The minimum absolute atomic E-state index is 0.0438. The Bertz CT molecular complexity index is 1810. The Kier molecular flexibility index (Phi) is 8.70. The van der Waals surface area contributed by atoms with Crippen molar-refractivity contribution in [3.8, 4) is 17.2 Å². The van der Waals surface area contributed by atoms with E-state index in [0.29, 0.717) is 42.0 Å². The second-order valence-corrected chi connectivity index (χ2v) is 9.80. The van der Waals surface area contributed by atoms with E-state index in [1.165, 1.54) is 4.57 Å². The SMILES string of the molecule is CCOC(=O)C1=C(C)N=c2s/c(=C\c3cc([N+](=O)[O-])cc([N+](=O)[O-])c3O)c(=O)n2[C@H]1c1ccc(OCC)c(OCC)c1. The standard InChI is InChI=1S/C27H26N4O10S/c1-5-39-19-9-8-15(11-20(19)40-6-2)23-22(26(34)41-7-3)14(4)28-27-29(23)25(33)21(42-27)12-16-10-17(30(35)36)13-18(24(16)32)31(37)38/h8-13,23,32H,5-7H2,1-4H3/b21-12-/t23-/m0/s1. The summed E-state index contributed by atoms with van der Waals surface area (Å²) in [5.41, 5.74) is -1.60. The van der Waals surface area contributed by atoms with Gasteiger partial charge in [0.1, 0.15) is 0 Å². The number of nitro benzene ring substituents is 2. The van der Waals surface area contributed by atoms with Gasteiger partial charge in [0.2, 0.25) is 5.75 Å². The first kappa shape index (κ1) is 29.9. The van der Waals surface area contributed by atoms with Gasteiger partial charge in [-0.2, -0.15) is 0 Å². The molecule has 0 amide bonds. The molecule has 1 aromatic heterocycles. The molecule has 3 aromatic rings. The molecule has 2 aromatic carbocycles. The Morgan fingerprint density at radius 3 is 2.38 bits per heavy atom. The van der Waals surface area contributed by atoms with Gasteiger partial charge in [-0.15, -0.1) is 0 Å². The molecule has 14 nitrogen and oxygen atoms in total. The van der Waals surface area contributed by atoms with Crippen LogP contribution in [0, 0.1) is 20.2 Å². The quantitative estimate of drug-likeness (QED) is 0.206. The van der Waals surface area contributed by atoms with Crippen LogP contribution in [0.3, 0.4) is 0 Å². The summed E-state index contributed by atoms with van der Waals surface area (Å²) in [5, 5.41) is 33.3. The molecule has 4 rings (SSSR count). The van der Waals surface area contributed by atoms with Crippen LogP contribution in [0.15, 0.2) is 51.4 Å². The fraction of sp³-hybridized carbons (Fsp3) is 0.296. The van der Waals surface area contributed by atoms with Crippen LogP contribution in [0.25, 0.3) is 6.08 Å². The summed E-state index contributed by atoms with van der Waals surface area (Å²) in [5.74, 6) is -0.664. The summed E-state index contributed by atoms with van der Waals surface area (Å²) in [4.78, 5) is 52.7. The van der Waals surface area contributed by atoms with Crippen LogP contribution >= 0.6 is 11.3 Å². The van der Waals surface area contributed by atoms with E-state index in [4.69, 9.17) is 14.2 Å². The van der Waals surface area contributed by atoms with Crippen molar-refractivity contribution in [3.63, 3.8) is 0 Å². The molecule has 0 aliphatic carbocycles. The minimum Gasteiger partial charge on any atom is -0.502 e. The topological polar surface area (TPSA) is 186 Å². The second-order valence-electron chi connectivity index (χ2n) is 8.79. The number of esters is 1. The van der Waals surface area contributed by atoms with Gasteiger partial charge in [0.05, 0.1) is 57.6 Å². The Morgan fingerprint density at radius 2 is 1.76 bits per heavy atom. The number of rotatable bonds is 10. The molecule has 0 bridgehead atoms. The second kappa shape index (κ2) is 12.2. The molecule has 220 valence electrons. The van der Waals surface area contributed by atoms with E-state index >= 15 is 0 Å². The number of carbonyl (C=O) groups is 1. The number of phenolic OH excluding ortho intramolecular Hbond substituents is 1. The van der Waals surface area contributed by atoms with E-state index in [2.05, 4.69) is 4.99 Å². The molecule has 0 saturated carbocycles. The summed E-state index contributed by atoms with van der Waals surface area (Å²) >= 11 is 0.884. The Labute approximate surface area is 241 Å². The zero-order valence-corrected chi connectivity index (χ0v) is 23.8. The van der Waals surface area contributed by atoms with Crippen LogP contribution in [-0.2, 0) is 9.53 Å². The summed E-state index contributed by atoms with van der Waals surface area (Å²) in [6, 6.07) is 5.55. The number of hydrogen-bond donors (Lipinski definition) is 1. The fourth-order valence-electron chi connectivity index (χ4n) is 4.47. The summed E-state index contributed by atoms with van der Waals surface area (Å²) in [7, 11) is 0. The highest BCUT2D eigenvalue weighted by Gasteiger charge is 2.34. The lowest BCUT2D eigenvalue weighted by Crippen LogP contribution is -2.40. The average molecular weight is 599 g/mol. The number of ether oxygens (including phenoxy) is 3. The van der Waals surface area contributed by atoms with Crippen LogP contribution < -0.4 is 24.4 Å². The Hall–Kier alpha value is -5.05. The number of benzene rings is 2. The van der Waals surface area contributed by atoms with Crippen molar-refractivity contribution in [1.82, 2.24) is 4.57 Å². The first-order chi connectivity index (χ1) is 20.0. The maximum Gasteiger partial charge on any atom is 0.338 e. The number of fused-ring (bicyclic) bond motifs is 1. The number of phenols is 1. The molecule has 1 atom stereocenters. The van der Waals surface area contributed by atoms with Gasteiger partial charge < -0.3 is 19.3 Å². The highest BCUT2D eigenvalue weighted by atomic mass is 32.1. The van der Waals surface area contributed by atoms with Crippen molar-refractivity contribution >= 4 is 34.8 Å². The molecule has 0 unspecified atom stereocenters. The van der Waals surface area contributed by atoms with Crippen molar-refractivity contribution in [3.05, 3.63) is 92.6 Å². The van der Waals surface area contributed by atoms with E-state index < -0.39 is 44.5 Å². The van der Waals surface area contributed by atoms with Gasteiger partial charge in [-0.1, -0.05) is 17.4 Å². The first-order valence-electron chi connectivity index (χ1n) is 12.8. The van der Waals surface area contributed by atoms with Gasteiger partial charge >= 0.3 is 11.7 Å². The monoisotopic (exact) mass is 598 g/mol. The number of thiazole rings is 1. The molecule has 1 aliphatic heterocycles. The lowest BCUT2D eigenvalue weighted by atomic mass is 9.95. The van der Waals surface area contributed by atoms with Gasteiger partial charge in [-0.3, -0.25) is 29.6 Å². The van der Waals surface area contributed by atoms with Crippen molar-refractivity contribution in [2.24, 2.45) is 4.99 Å². The summed E-state index contributed by atoms with van der Waals surface area (Å²) in [6.45, 7) is 7.64. The third-order valence-electron chi connectivity index (χ3n) is 6.20. The molecular formula is C27H26N4O10S. The van der Waals surface area contributed by atoms with Crippen LogP contribution in [0.4, 0.5) is 11.4 Å². The smallest absolute Gasteiger partial charge is 0.338 e. The van der Waals surface area contributed by atoms with Gasteiger partial charge in [-0.25, -0.2) is 9.79 Å². The predicted octanol–water partition coefficient (Wildman–Crippen LogP) is 3.12. The van der Waals surface area contributed by atoms with E-state index in [9.17, 15) is 34.9 Å². The van der Waals surface area contributed by atoms with Crippen LogP contribution in [0.1, 0.15) is 44.9 Å². The zero-order chi connectivity index (χ0) is 30.7. The number of aromatic nitrogens is 1. The van der Waals surface area contributed by atoms with Crippen LogP contribution in [0.2, 0.25) is 0 Å². The van der Waals surface area contributed by atoms with Gasteiger partial charge in [-0.05, 0) is 51.5 Å². The fourth-order valence-corrected chi connectivity index (χ4v) is 5.50. The van der Waals surface area contributed by atoms with Crippen molar-refractivity contribution in [2.75, 3.05) is 19.8 Å². The van der Waals surface area contributed by atoms with E-state index in [0.717, 1.165) is 23.5 Å². The summed E-state index contributed by atoms with van der Waals surface area (Å²) in [6.07, 6.45) is 1.11. The number of nitrogens with zero attached hydrogens (tertiary/aromatic N) is 4. The van der Waals surface area contributed by atoms with Gasteiger partial charge in [0, 0.05) is 11.6 Å². The lowest BCUT2D eigenvalue weighted by Gasteiger charge is -2.25. The van der Waals surface area contributed by atoms with Crippen molar-refractivity contribution in [1.29, 1.82) is 0 Å². The number of allylic oxidation sites excluding steroid dienone is 1. The number of hydrogen-bond acceptors (Lipinski definition) is 12. The molecule has 1 aliphatic rings. The van der Waals surface area contributed by atoms with Crippen molar-refractivity contribution in [2.45, 2.75) is 33.7 Å². The van der Waals surface area contributed by atoms with E-state index in [1.54, 1.807) is 39.0 Å². The highest BCUT2D eigenvalue weighted by molar-refractivity contribution is 7.07. The Morgan fingerprint density at radius 1 is 1.07 bits per heavy atom. The molecule has 0 fully saturated rings. The number of non-ortho nitro benzene ring substituents is 1.